The van der Waals surface area contributed by atoms with Crippen LogP contribution in [0.15, 0.2) is 109 Å². The van der Waals surface area contributed by atoms with Crippen molar-refractivity contribution >= 4 is 13.7 Å². The highest BCUT2D eigenvalue weighted by Gasteiger charge is 2.23. The van der Waals surface area contributed by atoms with Crippen LogP contribution < -0.4 is 10.2 Å². The molecule has 0 aliphatic rings. The minimum atomic E-state index is -4.62. The number of hydrogen-bond donors (Lipinski definition) is 2. The van der Waals surface area contributed by atoms with Gasteiger partial charge in [-0.2, -0.15) is 0 Å². The van der Waals surface area contributed by atoms with Gasteiger partial charge in [0.15, 0.2) is 0 Å². The van der Waals surface area contributed by atoms with E-state index in [1.54, 1.807) is 6.08 Å². The van der Waals surface area contributed by atoms with Crippen molar-refractivity contribution in [2.24, 2.45) is 0 Å². The quantitative estimate of drug-likeness (QED) is 0.0272. The van der Waals surface area contributed by atoms with Crippen molar-refractivity contribution in [3.8, 4) is 0 Å². The zero-order chi connectivity index (χ0) is 57.7. The van der Waals surface area contributed by atoms with E-state index in [9.17, 15) is 19.4 Å². The molecule has 0 saturated carbocycles. The number of carbonyl (C=O) groups is 1. The molecule has 79 heavy (non-hydrogen) atoms. The van der Waals surface area contributed by atoms with Crippen molar-refractivity contribution in [1.29, 1.82) is 0 Å². The van der Waals surface area contributed by atoms with E-state index in [0.29, 0.717) is 17.4 Å². The maximum Gasteiger partial charge on any atom is 0.268 e. The number of hydrogen-bond acceptors (Lipinski definition) is 6. The van der Waals surface area contributed by atoms with Gasteiger partial charge in [0.25, 0.3) is 7.82 Å². The molecule has 3 unspecified atom stereocenters. The largest absolute Gasteiger partial charge is 0.756 e. The van der Waals surface area contributed by atoms with Gasteiger partial charge in [-0.25, -0.2) is 0 Å². The van der Waals surface area contributed by atoms with Crippen LogP contribution in [0.4, 0.5) is 0 Å². The van der Waals surface area contributed by atoms with Gasteiger partial charge in [0.2, 0.25) is 5.91 Å². The van der Waals surface area contributed by atoms with Crippen molar-refractivity contribution in [2.75, 3.05) is 40.9 Å². The second-order valence-electron chi connectivity index (χ2n) is 23.1. The predicted molar refractivity (Wildman–Crippen MR) is 343 cm³/mol. The lowest BCUT2D eigenvalue weighted by Crippen LogP contribution is -2.45. The number of quaternary nitrogens is 1. The van der Waals surface area contributed by atoms with Gasteiger partial charge in [-0.05, 0) is 89.9 Å². The average molecular weight is 1120 g/mol. The van der Waals surface area contributed by atoms with Crippen molar-refractivity contribution < 1.29 is 32.9 Å². The summed E-state index contributed by atoms with van der Waals surface area (Å²) in [6.07, 6.45) is 87.7. The molecule has 1 amide bonds. The predicted octanol–water partition coefficient (Wildman–Crippen LogP) is 20.1. The van der Waals surface area contributed by atoms with E-state index in [4.69, 9.17) is 9.05 Å². The van der Waals surface area contributed by atoms with E-state index in [-0.39, 0.29) is 12.5 Å². The van der Waals surface area contributed by atoms with Crippen LogP contribution in [0.2, 0.25) is 0 Å². The molecule has 2 N–H and O–H groups in total. The van der Waals surface area contributed by atoms with E-state index in [1.807, 2.05) is 27.2 Å². The summed E-state index contributed by atoms with van der Waals surface area (Å²) in [6.45, 7) is 4.51. The van der Waals surface area contributed by atoms with E-state index in [0.717, 1.165) is 103 Å². The molecule has 0 aliphatic heterocycles. The molecule has 0 aromatic rings. The number of nitrogens with zero attached hydrogens (tertiary/aromatic N) is 1. The Labute approximate surface area is 489 Å². The van der Waals surface area contributed by atoms with Crippen LogP contribution in [0.5, 0.6) is 0 Å². The Morgan fingerprint density at radius 3 is 1.18 bits per heavy atom. The third-order valence-electron chi connectivity index (χ3n) is 14.2. The molecule has 0 spiro atoms. The summed E-state index contributed by atoms with van der Waals surface area (Å²) >= 11 is 0. The Morgan fingerprint density at radius 1 is 0.456 bits per heavy atom. The fraction of sp³-hybridized carbons (Fsp3) is 0.729. The van der Waals surface area contributed by atoms with Gasteiger partial charge in [0.05, 0.1) is 39.9 Å². The standard InChI is InChI=1S/C70H125N2O6P/c1-6-8-10-12-14-16-18-20-22-24-26-28-30-32-34-35-36-38-39-41-43-45-47-49-51-53-55-57-59-61-63-69(73)68(67-78-79(75,76)77-66-65-72(3,4)5)71-70(74)64-62-60-58-56-54-52-50-48-46-44-42-40-37-33-31-29-27-25-23-21-19-17-15-13-11-9-7-2/h9,11,15,17,21,23,27,29,33,37,42,44,48,50,53,55,61,63,68-69,73H,6-8,10,12-14,16,18-20,22,24-26,28,30-32,34-36,38-41,43,45-47,49,51-52,54,56-60,62,64-67H2,1-5H3,(H-,71,74,75,76)/b11-9-,17-15-,23-21-,29-27-,37-33-,44-42-,50-48-,55-53+,63-61+. The van der Waals surface area contributed by atoms with Gasteiger partial charge in [0, 0.05) is 6.42 Å². The number of rotatable bonds is 59. The molecule has 0 radical (unpaired) electrons. The van der Waals surface area contributed by atoms with Crippen molar-refractivity contribution in [2.45, 2.75) is 289 Å². The SMILES string of the molecule is CC/C=C\C/C=C\C/C=C\C/C=C\C/C=C\C/C=C\C/C=C\CCCCCCCC(=O)NC(COP(=O)([O-])OCC[N+](C)(C)C)C(O)/C=C/CC/C=C/CCCCCCCCCCCCCCCCCCCCCCCCCC. The average Bonchev–Trinajstić information content (AvgIpc) is 3.42. The molecule has 0 saturated heterocycles. The first kappa shape index (κ1) is 76.2. The Hall–Kier alpha value is -2.84. The van der Waals surface area contributed by atoms with Gasteiger partial charge in [0.1, 0.15) is 13.2 Å². The minimum absolute atomic E-state index is 0.0163. The highest BCUT2D eigenvalue weighted by molar-refractivity contribution is 7.45. The molecule has 0 bridgehead atoms. The summed E-state index contributed by atoms with van der Waals surface area (Å²) < 4.78 is 23.4. The van der Waals surface area contributed by atoms with E-state index >= 15 is 0 Å². The van der Waals surface area contributed by atoms with Gasteiger partial charge in [-0.15, -0.1) is 0 Å². The first-order chi connectivity index (χ1) is 38.5. The number of amides is 1. The molecular formula is C70H125N2O6P. The highest BCUT2D eigenvalue weighted by atomic mass is 31.2. The fourth-order valence-corrected chi connectivity index (χ4v) is 9.87. The zero-order valence-electron chi connectivity index (χ0n) is 52.0. The van der Waals surface area contributed by atoms with Gasteiger partial charge in [-0.3, -0.25) is 9.36 Å². The third kappa shape index (κ3) is 62.6. The molecular weight excluding hydrogens is 996 g/mol. The van der Waals surface area contributed by atoms with Crippen LogP contribution in [0.3, 0.4) is 0 Å². The lowest BCUT2D eigenvalue weighted by Gasteiger charge is -2.29. The van der Waals surface area contributed by atoms with Crippen LogP contribution in [-0.2, 0) is 18.4 Å². The summed E-state index contributed by atoms with van der Waals surface area (Å²) in [7, 11) is 1.22. The van der Waals surface area contributed by atoms with Crippen molar-refractivity contribution in [3.63, 3.8) is 0 Å². The minimum Gasteiger partial charge on any atom is -0.756 e. The molecule has 0 heterocycles. The number of phosphoric acid groups is 1. The summed E-state index contributed by atoms with van der Waals surface area (Å²) in [4.78, 5) is 25.6. The van der Waals surface area contributed by atoms with Crippen LogP contribution >= 0.6 is 7.82 Å². The topological polar surface area (TPSA) is 108 Å². The second kappa shape index (κ2) is 59.8. The smallest absolute Gasteiger partial charge is 0.268 e. The Balaban J connectivity index is 4.24. The lowest BCUT2D eigenvalue weighted by atomic mass is 10.0. The van der Waals surface area contributed by atoms with Crippen LogP contribution in [-0.4, -0.2) is 68.5 Å². The van der Waals surface area contributed by atoms with Gasteiger partial charge >= 0.3 is 0 Å². The second-order valence-corrected chi connectivity index (χ2v) is 24.5. The first-order valence-corrected chi connectivity index (χ1v) is 34.2. The molecule has 0 aromatic carbocycles. The summed E-state index contributed by atoms with van der Waals surface area (Å²) in [6, 6.07) is -0.924. The van der Waals surface area contributed by atoms with E-state index in [2.05, 4.69) is 116 Å². The Kier molecular flexibility index (Phi) is 57.6. The molecule has 9 heteroatoms. The normalized spacial score (nSPS) is 14.5. The van der Waals surface area contributed by atoms with Crippen LogP contribution in [0.1, 0.15) is 277 Å². The maximum absolute atomic E-state index is 13.0. The molecule has 0 rings (SSSR count). The van der Waals surface area contributed by atoms with Gasteiger partial charge in [-0.1, -0.05) is 290 Å². The van der Waals surface area contributed by atoms with E-state index < -0.39 is 26.6 Å². The number of allylic oxidation sites excluding steroid dienone is 17. The van der Waals surface area contributed by atoms with Gasteiger partial charge < -0.3 is 28.8 Å². The number of nitrogens with one attached hydrogen (secondary N) is 1. The molecule has 456 valence electrons. The number of phosphoric ester groups is 1. The fourth-order valence-electron chi connectivity index (χ4n) is 9.15. The number of aliphatic hydroxyl groups excluding tert-OH is 1. The number of unbranched alkanes of at least 4 members (excludes halogenated alkanes) is 30. The molecule has 0 aromatic heterocycles. The van der Waals surface area contributed by atoms with Crippen molar-refractivity contribution in [3.05, 3.63) is 109 Å². The Bertz CT molecular complexity index is 1650. The molecule has 0 fully saturated rings. The monoisotopic (exact) mass is 1120 g/mol. The third-order valence-corrected chi connectivity index (χ3v) is 15.2. The van der Waals surface area contributed by atoms with Crippen LogP contribution in [0.25, 0.3) is 0 Å². The summed E-state index contributed by atoms with van der Waals surface area (Å²) in [5, 5.41) is 13.9. The first-order valence-electron chi connectivity index (χ1n) is 32.7. The van der Waals surface area contributed by atoms with Crippen LogP contribution in [0, 0.1) is 0 Å². The molecule has 3 atom stereocenters. The summed E-state index contributed by atoms with van der Waals surface area (Å²) in [5.74, 6) is -0.228. The molecule has 8 nitrogen and oxygen atoms in total. The number of aliphatic hydroxyl groups is 1. The number of likely N-dealkylation sites (N-methyl/N-ethyl adjacent to an activating group) is 1. The Morgan fingerprint density at radius 2 is 0.785 bits per heavy atom. The molecule has 0 aliphatic carbocycles. The summed E-state index contributed by atoms with van der Waals surface area (Å²) in [5.41, 5.74) is 0. The van der Waals surface area contributed by atoms with E-state index in [1.165, 1.54) is 154 Å². The number of carbonyl (C=O) groups excluding carboxylic acids is 1. The lowest BCUT2D eigenvalue weighted by molar-refractivity contribution is -0.870. The van der Waals surface area contributed by atoms with Crippen molar-refractivity contribution in [1.82, 2.24) is 5.32 Å². The maximum atomic E-state index is 13.0. The zero-order valence-corrected chi connectivity index (χ0v) is 52.9. The highest BCUT2D eigenvalue weighted by Crippen LogP contribution is 2.38.